The number of hydrogen-bond donors (Lipinski definition) is 0. The number of halogens is 1. The summed E-state index contributed by atoms with van der Waals surface area (Å²) >= 11 is 6.97. The highest BCUT2D eigenvalue weighted by molar-refractivity contribution is 6.34. The quantitative estimate of drug-likeness (QED) is 0.272. The highest BCUT2D eigenvalue weighted by Crippen LogP contribution is 2.42. The van der Waals surface area contributed by atoms with E-state index in [0.29, 0.717) is 42.4 Å². The highest BCUT2D eigenvalue weighted by Gasteiger charge is 2.31. The lowest BCUT2D eigenvalue weighted by Gasteiger charge is -2.42. The van der Waals surface area contributed by atoms with Gasteiger partial charge in [-0.3, -0.25) is 18.8 Å². The average molecular weight is 557 g/mol. The molecule has 40 heavy (non-hydrogen) atoms. The third-order valence-electron chi connectivity index (χ3n) is 7.77. The number of hydrogen-bond acceptors (Lipinski definition) is 4. The molecule has 0 saturated carbocycles. The van der Waals surface area contributed by atoms with Gasteiger partial charge in [-0.2, -0.15) is 5.10 Å². The summed E-state index contributed by atoms with van der Waals surface area (Å²) in [7, 11) is 0. The number of benzene rings is 2. The number of rotatable bonds is 5. The summed E-state index contributed by atoms with van der Waals surface area (Å²) in [6.07, 6.45) is 1.74. The summed E-state index contributed by atoms with van der Waals surface area (Å²) in [4.78, 5) is 34.1. The first-order valence-corrected chi connectivity index (χ1v) is 14.0. The molecule has 0 bridgehead atoms. The fraction of sp³-hybridized carbons (Fsp3) is 0.355. The van der Waals surface area contributed by atoms with Crippen LogP contribution in [0, 0.1) is 6.57 Å². The molecule has 5 rings (SSSR count). The highest BCUT2D eigenvalue weighted by atomic mass is 35.5. The van der Waals surface area contributed by atoms with Crippen molar-refractivity contribution >= 4 is 39.8 Å². The van der Waals surface area contributed by atoms with Gasteiger partial charge in [0.15, 0.2) is 0 Å². The minimum atomic E-state index is -0.371. The lowest BCUT2D eigenvalue weighted by molar-refractivity contribution is -0.129. The van der Waals surface area contributed by atoms with E-state index in [2.05, 4.69) is 28.7 Å². The topological polar surface area (TPSA) is 67.7 Å². The second-order valence-electron chi connectivity index (χ2n) is 10.6. The van der Waals surface area contributed by atoms with Crippen molar-refractivity contribution in [2.75, 3.05) is 24.5 Å². The Balaban J connectivity index is 1.89. The van der Waals surface area contributed by atoms with Crippen LogP contribution in [0.4, 0.5) is 11.4 Å². The van der Waals surface area contributed by atoms with Gasteiger partial charge in [-0.25, -0.2) is 4.85 Å². The van der Waals surface area contributed by atoms with Crippen molar-refractivity contribution in [3.05, 3.63) is 81.0 Å². The van der Waals surface area contributed by atoms with Crippen molar-refractivity contribution in [2.45, 2.75) is 53.1 Å². The Kier molecular flexibility index (Phi) is 7.43. The second-order valence-corrected chi connectivity index (χ2v) is 11.0. The van der Waals surface area contributed by atoms with Crippen LogP contribution < -0.4 is 10.5 Å². The van der Waals surface area contributed by atoms with Crippen molar-refractivity contribution in [1.29, 1.82) is 0 Å². The van der Waals surface area contributed by atoms with Gasteiger partial charge in [0.2, 0.25) is 5.91 Å². The Morgan fingerprint density at radius 1 is 1.20 bits per heavy atom. The van der Waals surface area contributed by atoms with E-state index in [0.717, 1.165) is 27.9 Å². The predicted molar refractivity (Wildman–Crippen MR) is 161 cm³/mol. The number of aryl methyl sites for hydroxylation is 1. The molecule has 0 spiro atoms. The third-order valence-corrected chi connectivity index (χ3v) is 8.09. The molecule has 1 saturated heterocycles. The number of carbonyl (C=O) groups excluding carboxylic acids is 1. The van der Waals surface area contributed by atoms with Crippen LogP contribution in [0.3, 0.4) is 0 Å². The van der Waals surface area contributed by atoms with Crippen LogP contribution in [0.15, 0.2) is 53.5 Å². The van der Waals surface area contributed by atoms with Crippen LogP contribution >= 0.6 is 11.6 Å². The van der Waals surface area contributed by atoms with Gasteiger partial charge in [0, 0.05) is 56.3 Å². The van der Waals surface area contributed by atoms with Crippen molar-refractivity contribution in [3.8, 4) is 16.9 Å². The third kappa shape index (κ3) is 4.54. The molecule has 2 aromatic heterocycles. The lowest BCUT2D eigenvalue weighted by atomic mass is 9.99. The van der Waals surface area contributed by atoms with E-state index in [4.69, 9.17) is 18.2 Å². The van der Waals surface area contributed by atoms with Gasteiger partial charge in [0.25, 0.3) is 11.2 Å². The van der Waals surface area contributed by atoms with Crippen LogP contribution in [0.25, 0.3) is 32.7 Å². The first-order valence-electron chi connectivity index (χ1n) is 13.6. The zero-order valence-corrected chi connectivity index (χ0v) is 24.2. The number of carbonyl (C=O) groups is 1. The van der Waals surface area contributed by atoms with E-state index in [1.165, 1.54) is 0 Å². The van der Waals surface area contributed by atoms with E-state index < -0.39 is 0 Å². The molecule has 8 nitrogen and oxygen atoms in total. The number of anilines is 1. The molecule has 0 unspecified atom stereocenters. The number of nitrogens with zero attached hydrogens (tertiary/aromatic N) is 6. The Morgan fingerprint density at radius 3 is 2.60 bits per heavy atom. The normalized spacial score (nSPS) is 15.6. The molecular weight excluding hydrogens is 524 g/mol. The van der Waals surface area contributed by atoms with Gasteiger partial charge >= 0.3 is 0 Å². The van der Waals surface area contributed by atoms with E-state index in [-0.39, 0.29) is 29.1 Å². The molecule has 9 heteroatoms. The monoisotopic (exact) mass is 556 g/mol. The number of para-hydroxylation sites is 1. The van der Waals surface area contributed by atoms with Crippen LogP contribution in [0.5, 0.6) is 0 Å². The van der Waals surface area contributed by atoms with E-state index in [1.807, 2.05) is 61.0 Å². The summed E-state index contributed by atoms with van der Waals surface area (Å²) in [6.45, 7) is 20.1. The number of pyridine rings is 1. The first-order chi connectivity index (χ1) is 19.2. The van der Waals surface area contributed by atoms with Crippen molar-refractivity contribution in [3.63, 3.8) is 0 Å². The molecule has 1 amide bonds. The number of aromatic nitrogens is 3. The van der Waals surface area contributed by atoms with Crippen molar-refractivity contribution in [2.24, 2.45) is 0 Å². The molecule has 3 heterocycles. The fourth-order valence-electron chi connectivity index (χ4n) is 5.78. The van der Waals surface area contributed by atoms with Crippen molar-refractivity contribution in [1.82, 2.24) is 19.2 Å². The number of fused-ring (bicyclic) bond motifs is 1. The zero-order chi connectivity index (χ0) is 28.7. The zero-order valence-electron chi connectivity index (χ0n) is 23.5. The molecule has 0 aliphatic carbocycles. The SMILES string of the molecule is [C-]#[N+]c1c(N2CCN(C(C)=O)C[C@@H]2C)c2cc(Cl)c(-c3ccnn3CC)cc2n(-c2ccccc2C(C)C)c1=O. The Hall–Kier alpha value is -4.09. The van der Waals surface area contributed by atoms with E-state index in [9.17, 15) is 9.59 Å². The molecular formula is C31H33ClN6O2. The summed E-state index contributed by atoms with van der Waals surface area (Å²) in [5, 5.41) is 5.66. The number of piperazine rings is 1. The maximum atomic E-state index is 14.3. The molecule has 1 aliphatic rings. The van der Waals surface area contributed by atoms with Crippen LogP contribution in [-0.4, -0.2) is 50.8 Å². The van der Waals surface area contributed by atoms with Crippen LogP contribution in [0.2, 0.25) is 5.02 Å². The molecule has 1 fully saturated rings. The Morgan fingerprint density at radius 2 is 1.95 bits per heavy atom. The molecule has 2 aromatic carbocycles. The van der Waals surface area contributed by atoms with E-state index >= 15 is 0 Å². The van der Waals surface area contributed by atoms with E-state index in [1.54, 1.807) is 22.6 Å². The molecule has 4 aromatic rings. The summed E-state index contributed by atoms with van der Waals surface area (Å²) in [5.41, 5.74) is 4.29. The predicted octanol–water partition coefficient (Wildman–Crippen LogP) is 6.26. The maximum absolute atomic E-state index is 14.3. The van der Waals surface area contributed by atoms with Crippen molar-refractivity contribution < 1.29 is 4.79 Å². The molecule has 0 radical (unpaired) electrons. The maximum Gasteiger partial charge on any atom is 0.274 e. The molecule has 0 N–H and O–H groups in total. The molecule has 1 atom stereocenters. The summed E-state index contributed by atoms with van der Waals surface area (Å²) in [5.74, 6) is 0.171. The standard InChI is InChI=1S/C31H33ClN6O2/c1-7-37-26(12-13-34-37)23-17-28-24(16-25(23)32)30(36-15-14-35(21(5)39)18-20(36)4)29(33-6)31(40)38(28)27-11-9-8-10-22(27)19(2)3/h8-13,16-17,19-20H,7,14-15,18H2,1-5H3/t20-/m0/s1. The summed E-state index contributed by atoms with van der Waals surface area (Å²) < 4.78 is 3.54. The fourth-order valence-corrected chi connectivity index (χ4v) is 6.04. The summed E-state index contributed by atoms with van der Waals surface area (Å²) in [6, 6.07) is 13.5. The number of amides is 1. The molecule has 206 valence electrons. The largest absolute Gasteiger partial charge is 0.373 e. The van der Waals surface area contributed by atoms with Gasteiger partial charge in [0.05, 0.1) is 34.2 Å². The van der Waals surface area contributed by atoms with Gasteiger partial charge in [-0.15, -0.1) is 0 Å². The van der Waals surface area contributed by atoms with Gasteiger partial charge in [0.1, 0.15) is 0 Å². The van der Waals surface area contributed by atoms with Crippen LogP contribution in [0.1, 0.15) is 46.1 Å². The first kappa shape index (κ1) is 27.5. The minimum Gasteiger partial charge on any atom is -0.373 e. The second kappa shape index (κ2) is 10.8. The average Bonchev–Trinajstić information content (AvgIpc) is 3.41. The van der Waals surface area contributed by atoms with Gasteiger partial charge < -0.3 is 9.80 Å². The van der Waals surface area contributed by atoms with Gasteiger partial charge in [-0.1, -0.05) is 43.6 Å². The Bertz CT molecular complexity index is 1710. The lowest BCUT2D eigenvalue weighted by Crippen LogP contribution is -2.53. The van der Waals surface area contributed by atoms with Gasteiger partial charge in [-0.05, 0) is 49.6 Å². The molecule has 1 aliphatic heterocycles. The Labute approximate surface area is 239 Å². The minimum absolute atomic E-state index is 0.0164. The van der Waals surface area contributed by atoms with Crippen LogP contribution in [-0.2, 0) is 11.3 Å². The smallest absolute Gasteiger partial charge is 0.274 e.